The predicted molar refractivity (Wildman–Crippen MR) is 80.4 cm³/mol. The lowest BCUT2D eigenvalue weighted by atomic mass is 10.1. The first kappa shape index (κ1) is 15.4. The normalized spacial score (nSPS) is 30.7. The van der Waals surface area contributed by atoms with E-state index in [9.17, 15) is 0 Å². The van der Waals surface area contributed by atoms with Crippen LogP contribution in [0.3, 0.4) is 0 Å². The number of nitrogens with zero attached hydrogens (tertiary/aromatic N) is 2. The molecule has 2 nitrogen and oxygen atoms in total. The maximum absolute atomic E-state index is 6.64. The molecular formula is C9H21Cl3N2SSi. The van der Waals surface area contributed by atoms with Crippen LogP contribution in [-0.2, 0) is 0 Å². The summed E-state index contributed by atoms with van der Waals surface area (Å²) in [6.07, 6.45) is 0. The van der Waals surface area contributed by atoms with Gasteiger partial charge in [-0.15, -0.1) is 11.1 Å². The van der Waals surface area contributed by atoms with Gasteiger partial charge in [0.15, 0.2) is 0 Å². The van der Waals surface area contributed by atoms with Crippen molar-refractivity contribution in [1.82, 2.24) is 8.54 Å². The van der Waals surface area contributed by atoms with Gasteiger partial charge in [0.1, 0.15) is 0 Å². The van der Waals surface area contributed by atoms with Gasteiger partial charge >= 0.3 is 8.43 Å². The molecular weight excluding hydrogens is 303 g/mol. The van der Waals surface area contributed by atoms with Gasteiger partial charge in [0.2, 0.25) is 0 Å². The largest absolute Gasteiger partial charge is 0.303 e. The molecule has 0 amide bonds. The van der Waals surface area contributed by atoms with Crippen molar-refractivity contribution >= 4 is 49.5 Å². The maximum atomic E-state index is 6.64. The van der Waals surface area contributed by atoms with Crippen molar-refractivity contribution in [2.45, 2.75) is 52.6 Å². The van der Waals surface area contributed by atoms with Crippen molar-refractivity contribution in [3.8, 4) is 0 Å². The minimum Gasteiger partial charge on any atom is -0.286 e. The minimum absolute atomic E-state index is 0.0284. The van der Waals surface area contributed by atoms with Gasteiger partial charge in [0.25, 0.3) is 0 Å². The van der Waals surface area contributed by atoms with Crippen LogP contribution >= 0.6 is 41.1 Å². The van der Waals surface area contributed by atoms with Crippen LogP contribution in [0.2, 0.25) is 0 Å². The molecule has 7 heteroatoms. The quantitative estimate of drug-likeness (QED) is 0.488. The van der Waals surface area contributed by atoms with E-state index in [1.165, 1.54) is 0 Å². The Labute approximate surface area is 116 Å². The molecule has 0 aromatic carbocycles. The average molecular weight is 324 g/mol. The third-order valence-corrected chi connectivity index (χ3v) is 12.8. The van der Waals surface area contributed by atoms with Crippen molar-refractivity contribution in [3.05, 3.63) is 0 Å². The van der Waals surface area contributed by atoms with Gasteiger partial charge in [-0.25, -0.2) is 3.97 Å². The predicted octanol–water partition coefficient (Wildman–Crippen LogP) is 4.14. The first-order valence-corrected chi connectivity index (χ1v) is 11.5. The molecule has 16 heavy (non-hydrogen) atoms. The molecule has 1 saturated heterocycles. The Morgan fingerprint density at radius 1 is 1.00 bits per heavy atom. The highest BCUT2D eigenvalue weighted by atomic mass is 36.0. The van der Waals surface area contributed by atoms with E-state index >= 15 is 0 Å². The standard InChI is InChI=1S/C9H21Cl3N2SSi/c1-8(2,3)13-7-15(10,11)14(16(13)12)9(4,5)6/h16H,7H2,1-6H3. The summed E-state index contributed by atoms with van der Waals surface area (Å²) in [5, 5.41) is 0. The molecule has 0 spiro atoms. The second-order valence-electron chi connectivity index (χ2n) is 6.12. The molecule has 0 bridgehead atoms. The highest BCUT2D eigenvalue weighted by Crippen LogP contribution is 2.69. The average Bonchev–Trinajstić information content (AvgIpc) is 2.17. The lowest BCUT2D eigenvalue weighted by molar-refractivity contribution is 0.275. The van der Waals surface area contributed by atoms with Crippen LogP contribution in [0.4, 0.5) is 0 Å². The lowest BCUT2D eigenvalue weighted by Gasteiger charge is -2.42. The van der Waals surface area contributed by atoms with Crippen LogP contribution in [0.1, 0.15) is 41.5 Å². The monoisotopic (exact) mass is 322 g/mol. The molecule has 1 heterocycles. The Bertz CT molecular complexity index is 275. The van der Waals surface area contributed by atoms with Crippen LogP contribution in [-0.4, -0.2) is 33.9 Å². The summed E-state index contributed by atoms with van der Waals surface area (Å²) in [6.45, 7) is 12.8. The fraction of sp³-hybridized carbons (Fsp3) is 1.00. The summed E-state index contributed by atoms with van der Waals surface area (Å²) in [6, 6.07) is 0. The first-order valence-electron chi connectivity index (χ1n) is 5.28. The van der Waals surface area contributed by atoms with E-state index in [2.05, 4.69) is 50.1 Å². The van der Waals surface area contributed by atoms with E-state index in [-0.39, 0.29) is 11.1 Å². The molecule has 0 aliphatic carbocycles. The first-order chi connectivity index (χ1) is 6.87. The van der Waals surface area contributed by atoms with Gasteiger partial charge in [0.05, 0.1) is 5.88 Å². The molecule has 1 atom stereocenters. The van der Waals surface area contributed by atoms with Gasteiger partial charge in [-0.3, -0.25) is 4.57 Å². The lowest BCUT2D eigenvalue weighted by Crippen LogP contribution is -2.53. The zero-order valence-corrected chi connectivity index (χ0v) is 15.0. The highest BCUT2D eigenvalue weighted by Gasteiger charge is 2.53. The van der Waals surface area contributed by atoms with E-state index < -0.39 is 17.1 Å². The third-order valence-electron chi connectivity index (χ3n) is 2.56. The Hall–Kier alpha value is 1.36. The Kier molecular flexibility index (Phi) is 4.31. The van der Waals surface area contributed by atoms with Crippen LogP contribution in [0.25, 0.3) is 0 Å². The Balaban J connectivity index is 3.05. The van der Waals surface area contributed by atoms with Crippen molar-refractivity contribution in [2.75, 3.05) is 5.88 Å². The zero-order chi connectivity index (χ0) is 12.9. The number of hydrogen-bond acceptors (Lipinski definition) is 2. The second-order valence-corrected chi connectivity index (χ2v) is 14.7. The van der Waals surface area contributed by atoms with Crippen LogP contribution in [0.5, 0.6) is 0 Å². The number of hydrogen-bond donors (Lipinski definition) is 0. The van der Waals surface area contributed by atoms with Crippen molar-refractivity contribution in [2.24, 2.45) is 0 Å². The summed E-state index contributed by atoms with van der Waals surface area (Å²) in [4.78, 5) is 0. The summed E-state index contributed by atoms with van der Waals surface area (Å²) in [5.74, 6) is 0.692. The van der Waals surface area contributed by atoms with Crippen LogP contribution in [0.15, 0.2) is 0 Å². The third kappa shape index (κ3) is 3.02. The van der Waals surface area contributed by atoms with E-state index in [4.69, 9.17) is 32.4 Å². The highest BCUT2D eigenvalue weighted by molar-refractivity contribution is 8.65. The minimum atomic E-state index is -1.79. The molecule has 0 aromatic rings. The van der Waals surface area contributed by atoms with Gasteiger partial charge in [0, 0.05) is 11.1 Å². The molecule has 1 aliphatic heterocycles. The summed E-state index contributed by atoms with van der Waals surface area (Å²) in [7, 11) is 9.46. The molecule has 0 radical (unpaired) electrons. The van der Waals surface area contributed by atoms with Crippen molar-refractivity contribution in [3.63, 3.8) is 0 Å². The summed E-state index contributed by atoms with van der Waals surface area (Å²) in [5.41, 5.74) is -0.0435. The van der Waals surface area contributed by atoms with Crippen LogP contribution < -0.4 is 0 Å². The van der Waals surface area contributed by atoms with Crippen molar-refractivity contribution < 1.29 is 0 Å². The second kappa shape index (κ2) is 4.48. The van der Waals surface area contributed by atoms with Gasteiger partial charge in [-0.1, -0.05) is 0 Å². The molecule has 1 aliphatic rings. The van der Waals surface area contributed by atoms with Crippen molar-refractivity contribution in [1.29, 1.82) is 0 Å². The van der Waals surface area contributed by atoms with E-state index in [1.54, 1.807) is 0 Å². The van der Waals surface area contributed by atoms with E-state index in [1.807, 2.05) is 0 Å². The topological polar surface area (TPSA) is 6.48 Å². The summed E-state index contributed by atoms with van der Waals surface area (Å²) >= 11 is 6.64. The van der Waals surface area contributed by atoms with Gasteiger partial charge in [-0.2, -0.15) is 0 Å². The van der Waals surface area contributed by atoms with E-state index in [0.717, 1.165) is 0 Å². The van der Waals surface area contributed by atoms with Crippen LogP contribution in [0, 0.1) is 0 Å². The molecule has 0 N–H and O–H groups in total. The fourth-order valence-electron chi connectivity index (χ4n) is 1.78. The smallest absolute Gasteiger partial charge is 0.286 e. The molecule has 1 rings (SSSR count). The zero-order valence-electron chi connectivity index (χ0n) is 10.7. The fourth-order valence-corrected chi connectivity index (χ4v) is 15.7. The Morgan fingerprint density at radius 2 is 1.44 bits per heavy atom. The molecule has 1 unspecified atom stereocenters. The van der Waals surface area contributed by atoms with Gasteiger partial charge in [-0.05, 0) is 71.5 Å². The van der Waals surface area contributed by atoms with Gasteiger partial charge < -0.3 is 0 Å². The number of rotatable bonds is 0. The maximum Gasteiger partial charge on any atom is 0.303 e. The SMILES string of the molecule is CC(C)(C)N1CS(Cl)(Cl)N(C(C)(C)C)[SiH]1Cl. The number of halogens is 3. The van der Waals surface area contributed by atoms with E-state index in [0.29, 0.717) is 5.88 Å². The molecule has 1 fully saturated rings. The molecule has 0 aromatic heterocycles. The molecule has 98 valence electrons. The molecule has 0 saturated carbocycles. The Morgan fingerprint density at radius 3 is 1.62 bits per heavy atom. The summed E-state index contributed by atoms with van der Waals surface area (Å²) < 4.78 is 4.45.